The zero-order valence-corrected chi connectivity index (χ0v) is 21.7. The number of carbonyl (C=O) groups excluding carboxylic acids is 1. The molecule has 0 spiro atoms. The van der Waals surface area contributed by atoms with Crippen molar-refractivity contribution in [2.45, 2.75) is 38.5 Å². The second-order valence-electron chi connectivity index (χ2n) is 10.1. The molecule has 0 aliphatic heterocycles. The first-order valence-electron chi connectivity index (χ1n) is 12.6. The van der Waals surface area contributed by atoms with Crippen LogP contribution in [0.5, 0.6) is 0 Å². The van der Waals surface area contributed by atoms with Gasteiger partial charge in [-0.15, -0.1) is 0 Å². The van der Waals surface area contributed by atoms with Crippen LogP contribution >= 0.6 is 0 Å². The van der Waals surface area contributed by atoms with E-state index in [4.69, 9.17) is 5.41 Å². The van der Waals surface area contributed by atoms with Crippen LogP contribution in [0.2, 0.25) is 0 Å². The first-order valence-corrected chi connectivity index (χ1v) is 12.6. The van der Waals surface area contributed by atoms with Gasteiger partial charge in [0.05, 0.1) is 11.7 Å². The van der Waals surface area contributed by atoms with Crippen LogP contribution < -0.4 is 10.8 Å². The van der Waals surface area contributed by atoms with Crippen molar-refractivity contribution in [2.75, 3.05) is 0 Å². The lowest BCUT2D eigenvalue weighted by Gasteiger charge is -2.20. The number of hydrogen-bond acceptors (Lipinski definition) is 3. The van der Waals surface area contributed by atoms with E-state index in [1.54, 1.807) is 31.2 Å². The molecular formula is C29H26F5N5O. The number of nitrogens with zero attached hydrogens (tertiary/aromatic N) is 3. The van der Waals surface area contributed by atoms with E-state index in [0.717, 1.165) is 35.2 Å². The van der Waals surface area contributed by atoms with E-state index in [2.05, 4.69) is 10.4 Å². The largest absolute Gasteiger partial charge is 0.435 e. The van der Waals surface area contributed by atoms with Crippen molar-refractivity contribution in [2.24, 2.45) is 13.0 Å². The molecule has 2 heterocycles. The normalized spacial score (nSPS) is 14.3. The standard InChI is InChI=1S/C29H26F5N5O/c1-16-10-19(7-8-22(16)30)26(18-5-6-18)36-28(40)21-12-17(15-39-9-3-4-23(31)27(39)35)11-20(13-21)24-14-25(29(32,33)34)37-38(24)2/h3-4,7-14,18,26,35H,5-6,15H2,1-2H3,(H,36,40)/t26-/m0/s1. The molecule has 0 radical (unpaired) electrons. The smallest absolute Gasteiger partial charge is 0.345 e. The predicted molar refractivity (Wildman–Crippen MR) is 137 cm³/mol. The summed E-state index contributed by atoms with van der Waals surface area (Å²) in [6.45, 7) is 1.64. The van der Waals surface area contributed by atoms with Crippen molar-refractivity contribution in [3.63, 3.8) is 0 Å². The van der Waals surface area contributed by atoms with Gasteiger partial charge in [0.15, 0.2) is 17.0 Å². The molecule has 4 aromatic rings. The summed E-state index contributed by atoms with van der Waals surface area (Å²) in [5.41, 5.74) is 0.855. The number of nitrogens with one attached hydrogen (secondary N) is 2. The summed E-state index contributed by atoms with van der Waals surface area (Å²) in [6, 6.07) is 12.5. The highest BCUT2D eigenvalue weighted by Crippen LogP contribution is 2.41. The van der Waals surface area contributed by atoms with Gasteiger partial charge >= 0.3 is 6.18 Å². The van der Waals surface area contributed by atoms with Crippen molar-refractivity contribution in [3.8, 4) is 11.3 Å². The number of alkyl halides is 3. The molecule has 1 aliphatic carbocycles. The second-order valence-corrected chi connectivity index (χ2v) is 10.1. The van der Waals surface area contributed by atoms with Gasteiger partial charge in [0, 0.05) is 30.9 Å². The maximum atomic E-state index is 14.0. The highest BCUT2D eigenvalue weighted by molar-refractivity contribution is 5.96. The van der Waals surface area contributed by atoms with Crippen molar-refractivity contribution >= 4 is 5.91 Å². The Hall–Kier alpha value is -4.28. The summed E-state index contributed by atoms with van der Waals surface area (Å²) < 4.78 is 70.4. The van der Waals surface area contributed by atoms with Gasteiger partial charge in [-0.05, 0) is 84.8 Å². The van der Waals surface area contributed by atoms with E-state index in [1.165, 1.54) is 36.0 Å². The van der Waals surface area contributed by atoms with Crippen LogP contribution in [0.25, 0.3) is 11.3 Å². The number of pyridine rings is 1. The van der Waals surface area contributed by atoms with Crippen molar-refractivity contribution in [1.29, 1.82) is 5.41 Å². The van der Waals surface area contributed by atoms with Gasteiger partial charge in [-0.25, -0.2) is 8.78 Å². The average molecular weight is 556 g/mol. The minimum Gasteiger partial charge on any atom is -0.345 e. The van der Waals surface area contributed by atoms with Crippen LogP contribution in [0.4, 0.5) is 22.0 Å². The Kier molecular flexibility index (Phi) is 7.07. The van der Waals surface area contributed by atoms with E-state index in [1.807, 2.05) is 0 Å². The molecule has 0 bridgehead atoms. The molecular weight excluding hydrogens is 529 g/mol. The van der Waals surface area contributed by atoms with Gasteiger partial charge < -0.3 is 9.88 Å². The molecule has 2 N–H and O–H groups in total. The summed E-state index contributed by atoms with van der Waals surface area (Å²) in [6.07, 6.45) is -1.37. The maximum absolute atomic E-state index is 14.0. The lowest BCUT2D eigenvalue weighted by molar-refractivity contribution is -0.141. The molecule has 1 atom stereocenters. The number of rotatable bonds is 7. The third kappa shape index (κ3) is 5.68. The minimum atomic E-state index is -4.66. The number of benzene rings is 2. The lowest BCUT2D eigenvalue weighted by Crippen LogP contribution is -2.30. The predicted octanol–water partition coefficient (Wildman–Crippen LogP) is 5.90. The maximum Gasteiger partial charge on any atom is 0.435 e. The first-order chi connectivity index (χ1) is 18.9. The van der Waals surface area contributed by atoms with E-state index in [-0.39, 0.29) is 41.1 Å². The summed E-state index contributed by atoms with van der Waals surface area (Å²) in [4.78, 5) is 13.6. The Morgan fingerprint density at radius 1 is 1.10 bits per heavy atom. The van der Waals surface area contributed by atoms with Gasteiger partial charge in [-0.2, -0.15) is 18.3 Å². The van der Waals surface area contributed by atoms with Gasteiger partial charge in [-0.1, -0.05) is 12.1 Å². The van der Waals surface area contributed by atoms with Crippen LogP contribution in [-0.4, -0.2) is 20.3 Å². The first kappa shape index (κ1) is 27.3. The lowest BCUT2D eigenvalue weighted by atomic mass is 9.98. The van der Waals surface area contributed by atoms with Crippen LogP contribution in [0.1, 0.15) is 51.6 Å². The number of carbonyl (C=O) groups is 1. The van der Waals surface area contributed by atoms with E-state index in [9.17, 15) is 26.7 Å². The highest BCUT2D eigenvalue weighted by Gasteiger charge is 2.35. The summed E-state index contributed by atoms with van der Waals surface area (Å²) in [5.74, 6) is -1.37. The molecule has 0 saturated heterocycles. The Labute approximate surface area is 226 Å². The molecule has 2 aromatic carbocycles. The SMILES string of the molecule is Cc1cc([C@@H](NC(=O)c2cc(Cn3cccc(F)c3=N)cc(-c3cc(C(F)(F)F)nn3C)c2)C2CC2)ccc1F. The molecule has 0 unspecified atom stereocenters. The Morgan fingerprint density at radius 2 is 1.85 bits per heavy atom. The zero-order valence-electron chi connectivity index (χ0n) is 21.7. The topological polar surface area (TPSA) is 75.7 Å². The summed E-state index contributed by atoms with van der Waals surface area (Å²) >= 11 is 0. The van der Waals surface area contributed by atoms with Crippen molar-refractivity contribution < 1.29 is 26.7 Å². The van der Waals surface area contributed by atoms with E-state index in [0.29, 0.717) is 16.7 Å². The average Bonchev–Trinajstić information content (AvgIpc) is 3.66. The fourth-order valence-electron chi connectivity index (χ4n) is 4.78. The molecule has 5 rings (SSSR count). The summed E-state index contributed by atoms with van der Waals surface area (Å²) in [7, 11) is 1.38. The molecule has 208 valence electrons. The fourth-order valence-corrected chi connectivity index (χ4v) is 4.78. The Balaban J connectivity index is 1.55. The number of aryl methyl sites for hydroxylation is 2. The van der Waals surface area contributed by atoms with Crippen LogP contribution in [0.3, 0.4) is 0 Å². The quantitative estimate of drug-likeness (QED) is 0.279. The van der Waals surface area contributed by atoms with Crippen molar-refractivity contribution in [3.05, 3.63) is 106 Å². The molecule has 1 aliphatic rings. The van der Waals surface area contributed by atoms with Gasteiger partial charge in [0.2, 0.25) is 0 Å². The molecule has 1 saturated carbocycles. The van der Waals surface area contributed by atoms with Crippen molar-refractivity contribution in [1.82, 2.24) is 19.7 Å². The van der Waals surface area contributed by atoms with Crippen LogP contribution in [0.15, 0.2) is 60.8 Å². The van der Waals surface area contributed by atoms with Crippen LogP contribution in [-0.2, 0) is 19.8 Å². The number of amides is 1. The fraction of sp³-hybridized carbons (Fsp3) is 0.276. The molecule has 2 aromatic heterocycles. The second kappa shape index (κ2) is 10.4. The van der Waals surface area contributed by atoms with E-state index < -0.39 is 23.6 Å². The number of aromatic nitrogens is 3. The molecule has 1 fully saturated rings. The third-order valence-corrected chi connectivity index (χ3v) is 7.02. The number of halogens is 5. The minimum absolute atomic E-state index is 0.00208. The van der Waals surface area contributed by atoms with Crippen LogP contribution in [0, 0.1) is 29.9 Å². The highest BCUT2D eigenvalue weighted by atomic mass is 19.4. The Bertz CT molecular complexity index is 1650. The molecule has 6 nitrogen and oxygen atoms in total. The molecule has 40 heavy (non-hydrogen) atoms. The molecule has 1 amide bonds. The molecule has 11 heteroatoms. The van der Waals surface area contributed by atoms with Gasteiger partial charge in [-0.3, -0.25) is 14.9 Å². The summed E-state index contributed by atoms with van der Waals surface area (Å²) in [5, 5.41) is 14.6. The zero-order chi connectivity index (χ0) is 28.8. The van der Waals surface area contributed by atoms with E-state index >= 15 is 0 Å². The van der Waals surface area contributed by atoms with Gasteiger partial charge in [0.25, 0.3) is 5.91 Å². The number of hydrogen-bond donors (Lipinski definition) is 2. The monoisotopic (exact) mass is 555 g/mol. The Morgan fingerprint density at radius 3 is 2.50 bits per heavy atom. The third-order valence-electron chi connectivity index (χ3n) is 7.02. The van der Waals surface area contributed by atoms with Gasteiger partial charge in [0.1, 0.15) is 5.82 Å².